The van der Waals surface area contributed by atoms with E-state index in [1.165, 1.54) is 0 Å². The van der Waals surface area contributed by atoms with Crippen LogP contribution >= 0.6 is 0 Å². The Hall–Kier alpha value is -2.43. The van der Waals surface area contributed by atoms with Gasteiger partial charge in [-0.1, -0.05) is 30.3 Å². The monoisotopic (exact) mass is 290 g/mol. The van der Waals surface area contributed by atoms with E-state index < -0.39 is 17.5 Å². The van der Waals surface area contributed by atoms with E-state index in [4.69, 9.17) is 0 Å². The van der Waals surface area contributed by atoms with Crippen molar-refractivity contribution in [2.24, 2.45) is 0 Å². The van der Waals surface area contributed by atoms with Crippen LogP contribution in [0.1, 0.15) is 22.8 Å². The van der Waals surface area contributed by atoms with Crippen molar-refractivity contribution in [1.29, 1.82) is 0 Å². The number of hydrogen-bond donors (Lipinski definition) is 2. The molecule has 1 amide bonds. The van der Waals surface area contributed by atoms with Crippen LogP contribution in [0, 0.1) is 11.6 Å². The fourth-order valence-corrected chi connectivity index (χ4v) is 1.93. The summed E-state index contributed by atoms with van der Waals surface area (Å²) >= 11 is 0. The average molecular weight is 290 g/mol. The van der Waals surface area contributed by atoms with Gasteiger partial charge in [0, 0.05) is 18.7 Å². The molecule has 110 valence electrons. The molecule has 0 unspecified atom stereocenters. The number of amides is 1. The largest absolute Gasteiger partial charge is 0.381 e. The van der Waals surface area contributed by atoms with E-state index in [1.54, 1.807) is 6.92 Å². The molecule has 0 aliphatic rings. The molecule has 21 heavy (non-hydrogen) atoms. The minimum absolute atomic E-state index is 0.0393. The van der Waals surface area contributed by atoms with Gasteiger partial charge in [-0.05, 0) is 24.6 Å². The Labute approximate surface area is 122 Å². The Bertz CT molecular complexity index is 606. The molecular formula is C16H16F2N2O. The second-order valence-electron chi connectivity index (χ2n) is 4.51. The molecule has 0 atom stereocenters. The number of nitrogens with one attached hydrogen (secondary N) is 2. The zero-order chi connectivity index (χ0) is 15.2. The third-order valence-electron chi connectivity index (χ3n) is 2.95. The molecule has 0 saturated heterocycles. The van der Waals surface area contributed by atoms with Gasteiger partial charge in [-0.2, -0.15) is 0 Å². The standard InChI is InChI=1S/C16H16F2N2O/c1-2-19-15-13(17)8-12(9-14(15)18)16(21)20-10-11-6-4-3-5-7-11/h3-9,19H,2,10H2,1H3,(H,20,21). The quantitative estimate of drug-likeness (QED) is 0.887. The van der Waals surface area contributed by atoms with Crippen LogP contribution in [-0.2, 0) is 6.54 Å². The number of hydrogen-bond acceptors (Lipinski definition) is 2. The lowest BCUT2D eigenvalue weighted by Crippen LogP contribution is -2.23. The third kappa shape index (κ3) is 3.78. The molecule has 2 N–H and O–H groups in total. The molecule has 2 rings (SSSR count). The second-order valence-corrected chi connectivity index (χ2v) is 4.51. The fraction of sp³-hybridized carbons (Fsp3) is 0.188. The van der Waals surface area contributed by atoms with E-state index in [2.05, 4.69) is 10.6 Å². The van der Waals surface area contributed by atoms with Crippen LogP contribution in [0.15, 0.2) is 42.5 Å². The molecule has 0 heterocycles. The zero-order valence-corrected chi connectivity index (χ0v) is 11.6. The van der Waals surface area contributed by atoms with Crippen LogP contribution in [0.25, 0.3) is 0 Å². The van der Waals surface area contributed by atoms with Crippen molar-refractivity contribution in [3.63, 3.8) is 0 Å². The molecule has 0 spiro atoms. The highest BCUT2D eigenvalue weighted by Gasteiger charge is 2.14. The number of carbonyl (C=O) groups is 1. The van der Waals surface area contributed by atoms with Crippen molar-refractivity contribution in [1.82, 2.24) is 5.32 Å². The van der Waals surface area contributed by atoms with Gasteiger partial charge in [0.1, 0.15) is 17.3 Å². The summed E-state index contributed by atoms with van der Waals surface area (Å²) < 4.78 is 27.5. The summed E-state index contributed by atoms with van der Waals surface area (Å²) in [6, 6.07) is 11.3. The van der Waals surface area contributed by atoms with Gasteiger partial charge in [-0.25, -0.2) is 8.78 Å². The SMILES string of the molecule is CCNc1c(F)cc(C(=O)NCc2ccccc2)cc1F. The molecule has 0 saturated carbocycles. The maximum absolute atomic E-state index is 13.7. The first kappa shape index (κ1) is 15.0. The molecule has 2 aromatic rings. The summed E-state index contributed by atoms with van der Waals surface area (Å²) in [4.78, 5) is 11.9. The minimum Gasteiger partial charge on any atom is -0.381 e. The van der Waals surface area contributed by atoms with Crippen LogP contribution < -0.4 is 10.6 Å². The molecule has 3 nitrogen and oxygen atoms in total. The van der Waals surface area contributed by atoms with E-state index in [-0.39, 0.29) is 11.3 Å². The highest BCUT2D eigenvalue weighted by molar-refractivity contribution is 5.94. The second kappa shape index (κ2) is 6.83. The summed E-state index contributed by atoms with van der Waals surface area (Å²) in [5, 5.41) is 5.21. The highest BCUT2D eigenvalue weighted by atomic mass is 19.1. The van der Waals surface area contributed by atoms with Crippen molar-refractivity contribution < 1.29 is 13.6 Å². The molecule has 0 bridgehead atoms. The summed E-state index contributed by atoms with van der Waals surface area (Å²) in [6.07, 6.45) is 0. The van der Waals surface area contributed by atoms with E-state index in [9.17, 15) is 13.6 Å². The molecule has 5 heteroatoms. The van der Waals surface area contributed by atoms with Gasteiger partial charge in [0.05, 0.1) is 0 Å². The van der Waals surface area contributed by atoms with Crippen molar-refractivity contribution in [3.05, 3.63) is 65.2 Å². The minimum atomic E-state index is -0.776. The van der Waals surface area contributed by atoms with Crippen molar-refractivity contribution >= 4 is 11.6 Å². The van der Waals surface area contributed by atoms with Crippen molar-refractivity contribution in [3.8, 4) is 0 Å². The van der Waals surface area contributed by atoms with Gasteiger partial charge in [-0.15, -0.1) is 0 Å². The van der Waals surface area contributed by atoms with E-state index in [1.807, 2.05) is 30.3 Å². The van der Waals surface area contributed by atoms with Gasteiger partial charge in [0.2, 0.25) is 0 Å². The zero-order valence-electron chi connectivity index (χ0n) is 11.6. The Morgan fingerprint density at radius 2 is 1.71 bits per heavy atom. The predicted molar refractivity (Wildman–Crippen MR) is 78.1 cm³/mol. The van der Waals surface area contributed by atoms with Crippen LogP contribution in [-0.4, -0.2) is 12.5 Å². The van der Waals surface area contributed by atoms with Crippen LogP contribution in [0.4, 0.5) is 14.5 Å². The fourth-order valence-electron chi connectivity index (χ4n) is 1.93. The summed E-state index contributed by atoms with van der Waals surface area (Å²) in [7, 11) is 0. The normalized spacial score (nSPS) is 10.2. The number of anilines is 1. The molecule has 0 radical (unpaired) electrons. The lowest BCUT2D eigenvalue weighted by molar-refractivity contribution is 0.0950. The first-order valence-corrected chi connectivity index (χ1v) is 6.67. The summed E-state index contributed by atoms with van der Waals surface area (Å²) in [5.41, 5.74) is 0.663. The molecule has 0 aliphatic heterocycles. The Kier molecular flexibility index (Phi) is 4.87. The molecular weight excluding hydrogens is 274 g/mol. The lowest BCUT2D eigenvalue weighted by Gasteiger charge is -2.09. The maximum Gasteiger partial charge on any atom is 0.251 e. The molecule has 0 fully saturated rings. The molecule has 0 aliphatic carbocycles. The first-order chi connectivity index (χ1) is 10.1. The van der Waals surface area contributed by atoms with Crippen LogP contribution in [0.2, 0.25) is 0 Å². The Morgan fingerprint density at radius 1 is 1.10 bits per heavy atom. The topological polar surface area (TPSA) is 41.1 Å². The van der Waals surface area contributed by atoms with Crippen LogP contribution in [0.5, 0.6) is 0 Å². The Balaban J connectivity index is 2.09. The van der Waals surface area contributed by atoms with E-state index in [0.717, 1.165) is 17.7 Å². The predicted octanol–water partition coefficient (Wildman–Crippen LogP) is 3.33. The van der Waals surface area contributed by atoms with Gasteiger partial charge >= 0.3 is 0 Å². The first-order valence-electron chi connectivity index (χ1n) is 6.67. The highest BCUT2D eigenvalue weighted by Crippen LogP contribution is 2.20. The van der Waals surface area contributed by atoms with Crippen LogP contribution in [0.3, 0.4) is 0 Å². The lowest BCUT2D eigenvalue weighted by atomic mass is 10.1. The number of carbonyl (C=O) groups excluding carboxylic acids is 1. The summed E-state index contributed by atoms with van der Waals surface area (Å²) in [6.45, 7) is 2.44. The van der Waals surface area contributed by atoms with Gasteiger partial charge in [-0.3, -0.25) is 4.79 Å². The summed E-state index contributed by atoms with van der Waals surface area (Å²) in [5.74, 6) is -2.07. The van der Waals surface area contributed by atoms with E-state index >= 15 is 0 Å². The maximum atomic E-state index is 13.7. The molecule has 2 aromatic carbocycles. The number of halogens is 2. The smallest absolute Gasteiger partial charge is 0.251 e. The number of rotatable bonds is 5. The average Bonchev–Trinajstić information content (AvgIpc) is 2.49. The van der Waals surface area contributed by atoms with Gasteiger partial charge in [0.15, 0.2) is 0 Å². The Morgan fingerprint density at radius 3 is 2.29 bits per heavy atom. The van der Waals surface area contributed by atoms with Gasteiger partial charge < -0.3 is 10.6 Å². The van der Waals surface area contributed by atoms with E-state index in [0.29, 0.717) is 13.1 Å². The van der Waals surface area contributed by atoms with Crippen molar-refractivity contribution in [2.75, 3.05) is 11.9 Å². The van der Waals surface area contributed by atoms with Crippen molar-refractivity contribution in [2.45, 2.75) is 13.5 Å². The number of benzene rings is 2. The van der Waals surface area contributed by atoms with Gasteiger partial charge in [0.25, 0.3) is 5.91 Å². The third-order valence-corrected chi connectivity index (χ3v) is 2.95. The molecule has 0 aromatic heterocycles.